The highest BCUT2D eigenvalue weighted by atomic mass is 35.5. The number of fused-ring (bicyclic) bond motifs is 1. The number of halogens is 1. The molecule has 0 saturated heterocycles. The Bertz CT molecular complexity index is 841. The molecule has 1 heterocycles. The average molecular weight is 420 g/mol. The van der Waals surface area contributed by atoms with E-state index in [9.17, 15) is 9.59 Å². The van der Waals surface area contributed by atoms with Crippen LogP contribution in [0.15, 0.2) is 24.4 Å². The predicted molar refractivity (Wildman–Crippen MR) is 117 cm³/mol. The number of nitrogens with two attached hydrogens (primary N) is 1. The molecule has 0 saturated carbocycles. The summed E-state index contributed by atoms with van der Waals surface area (Å²) >= 11 is 6.48. The fraction of sp³-hybridized carbons (Fsp3) is 0.500. The fourth-order valence-corrected chi connectivity index (χ4v) is 3.31. The standard InChI is InChI=1S/C22H30ClN3O3/c1-4-5-10-29-22(28)20(26(14-27)9-7-15(2)3)12-17-11-16-6-8-25-21(24)18(16)13-19(17)23/h6,8,11,13-15,20H,4-5,7,9-10,12H2,1-3H3,(H2,24,25). The molecule has 0 fully saturated rings. The third kappa shape index (κ3) is 6.32. The van der Waals surface area contributed by atoms with Gasteiger partial charge in [-0.1, -0.05) is 38.8 Å². The van der Waals surface area contributed by atoms with E-state index in [0.29, 0.717) is 29.9 Å². The van der Waals surface area contributed by atoms with Crippen LogP contribution in [0.5, 0.6) is 0 Å². The van der Waals surface area contributed by atoms with Crippen molar-refractivity contribution in [1.82, 2.24) is 9.88 Å². The minimum Gasteiger partial charge on any atom is -0.464 e. The Balaban J connectivity index is 2.32. The summed E-state index contributed by atoms with van der Waals surface area (Å²) in [7, 11) is 0. The lowest BCUT2D eigenvalue weighted by Gasteiger charge is -2.28. The van der Waals surface area contributed by atoms with Gasteiger partial charge in [-0.2, -0.15) is 0 Å². The van der Waals surface area contributed by atoms with Gasteiger partial charge in [0.1, 0.15) is 11.9 Å². The first-order chi connectivity index (χ1) is 13.9. The number of unbranched alkanes of at least 4 members (excludes halogenated alkanes) is 1. The first kappa shape index (κ1) is 22.9. The van der Waals surface area contributed by atoms with Crippen molar-refractivity contribution in [2.45, 2.75) is 52.5 Å². The Morgan fingerprint density at radius 1 is 1.38 bits per heavy atom. The van der Waals surface area contributed by atoms with Gasteiger partial charge in [0.15, 0.2) is 0 Å². The van der Waals surface area contributed by atoms with Crippen LogP contribution in [0.2, 0.25) is 5.02 Å². The number of aromatic nitrogens is 1. The van der Waals surface area contributed by atoms with Crippen molar-refractivity contribution in [2.24, 2.45) is 5.92 Å². The van der Waals surface area contributed by atoms with Crippen molar-refractivity contribution in [3.05, 3.63) is 35.0 Å². The number of benzene rings is 1. The number of pyridine rings is 1. The molecule has 158 valence electrons. The Kier molecular flexibility index (Phi) is 8.70. The number of nitrogen functional groups attached to an aromatic ring is 1. The molecule has 0 radical (unpaired) electrons. The van der Waals surface area contributed by atoms with Crippen molar-refractivity contribution in [2.75, 3.05) is 18.9 Å². The summed E-state index contributed by atoms with van der Waals surface area (Å²) in [5, 5.41) is 2.13. The number of anilines is 1. The van der Waals surface area contributed by atoms with Gasteiger partial charge in [0.25, 0.3) is 0 Å². The predicted octanol–water partition coefficient (Wildman–Crippen LogP) is 4.23. The minimum atomic E-state index is -0.725. The lowest BCUT2D eigenvalue weighted by atomic mass is 10.0. The van der Waals surface area contributed by atoms with Crippen LogP contribution in [0.1, 0.15) is 45.6 Å². The van der Waals surface area contributed by atoms with Crippen LogP contribution in [0.4, 0.5) is 5.82 Å². The number of carbonyl (C=O) groups is 2. The quantitative estimate of drug-likeness (QED) is 0.334. The first-order valence-electron chi connectivity index (χ1n) is 10.1. The minimum absolute atomic E-state index is 0.277. The van der Waals surface area contributed by atoms with Crippen LogP contribution in [0.3, 0.4) is 0 Å². The Hall–Kier alpha value is -2.34. The maximum atomic E-state index is 12.8. The summed E-state index contributed by atoms with van der Waals surface area (Å²) in [4.78, 5) is 30.2. The van der Waals surface area contributed by atoms with Gasteiger partial charge in [-0.25, -0.2) is 9.78 Å². The van der Waals surface area contributed by atoms with E-state index in [1.807, 2.05) is 19.1 Å². The van der Waals surface area contributed by atoms with E-state index in [2.05, 4.69) is 18.8 Å². The monoisotopic (exact) mass is 419 g/mol. The Labute approximate surface area is 177 Å². The summed E-state index contributed by atoms with van der Waals surface area (Å²) in [5.74, 6) is 0.409. The smallest absolute Gasteiger partial charge is 0.329 e. The lowest BCUT2D eigenvalue weighted by Crippen LogP contribution is -2.44. The topological polar surface area (TPSA) is 85.5 Å². The molecule has 0 bridgehead atoms. The molecular weight excluding hydrogens is 390 g/mol. The van der Waals surface area contributed by atoms with E-state index in [0.717, 1.165) is 42.0 Å². The number of hydrogen-bond donors (Lipinski definition) is 1. The SMILES string of the molecule is CCCCOC(=O)C(Cc1cc2ccnc(N)c2cc1Cl)N(C=O)CCC(C)C. The van der Waals surface area contributed by atoms with E-state index >= 15 is 0 Å². The van der Waals surface area contributed by atoms with Crippen LogP contribution in [-0.4, -0.2) is 41.5 Å². The molecule has 6 nitrogen and oxygen atoms in total. The van der Waals surface area contributed by atoms with Crippen molar-refractivity contribution in [3.63, 3.8) is 0 Å². The Morgan fingerprint density at radius 2 is 2.14 bits per heavy atom. The zero-order chi connectivity index (χ0) is 21.4. The van der Waals surface area contributed by atoms with E-state index in [-0.39, 0.29) is 6.42 Å². The average Bonchev–Trinajstić information content (AvgIpc) is 2.68. The van der Waals surface area contributed by atoms with Crippen molar-refractivity contribution < 1.29 is 14.3 Å². The number of ether oxygens (including phenoxy) is 1. The summed E-state index contributed by atoms with van der Waals surface area (Å²) in [6.07, 6.45) is 5.14. The van der Waals surface area contributed by atoms with Gasteiger partial charge < -0.3 is 15.4 Å². The summed E-state index contributed by atoms with van der Waals surface area (Å²) in [5.41, 5.74) is 6.69. The molecule has 2 aromatic rings. The first-order valence-corrected chi connectivity index (χ1v) is 10.4. The number of nitrogens with zero attached hydrogens (tertiary/aromatic N) is 2. The van der Waals surface area contributed by atoms with Crippen molar-refractivity contribution >= 4 is 40.6 Å². The largest absolute Gasteiger partial charge is 0.464 e. The maximum Gasteiger partial charge on any atom is 0.329 e. The van der Waals surface area contributed by atoms with E-state index in [1.54, 1.807) is 12.3 Å². The van der Waals surface area contributed by atoms with E-state index < -0.39 is 12.0 Å². The zero-order valence-corrected chi connectivity index (χ0v) is 18.1. The third-order valence-corrected chi connectivity index (χ3v) is 5.24. The highest BCUT2D eigenvalue weighted by molar-refractivity contribution is 6.32. The zero-order valence-electron chi connectivity index (χ0n) is 17.4. The van der Waals surface area contributed by atoms with Gasteiger partial charge >= 0.3 is 5.97 Å². The van der Waals surface area contributed by atoms with Gasteiger partial charge in [-0.05, 0) is 47.9 Å². The molecule has 1 aromatic carbocycles. The molecule has 0 spiro atoms. The molecule has 29 heavy (non-hydrogen) atoms. The highest BCUT2D eigenvalue weighted by Crippen LogP contribution is 2.28. The highest BCUT2D eigenvalue weighted by Gasteiger charge is 2.28. The second-order valence-corrected chi connectivity index (χ2v) is 8.03. The molecule has 1 unspecified atom stereocenters. The molecular formula is C22H30ClN3O3. The fourth-order valence-electron chi connectivity index (χ4n) is 3.07. The lowest BCUT2D eigenvalue weighted by molar-refractivity contribution is -0.152. The molecule has 1 atom stereocenters. The van der Waals surface area contributed by atoms with Gasteiger partial charge in [-0.3, -0.25) is 4.79 Å². The second-order valence-electron chi connectivity index (χ2n) is 7.63. The van der Waals surface area contributed by atoms with E-state index in [1.165, 1.54) is 4.90 Å². The Morgan fingerprint density at radius 3 is 2.79 bits per heavy atom. The normalized spacial score (nSPS) is 12.2. The summed E-state index contributed by atoms with van der Waals surface area (Å²) in [6.45, 7) is 7.01. The van der Waals surface area contributed by atoms with Crippen LogP contribution in [-0.2, 0) is 20.7 Å². The van der Waals surface area contributed by atoms with Crippen LogP contribution in [0.25, 0.3) is 10.8 Å². The van der Waals surface area contributed by atoms with Crippen LogP contribution in [0, 0.1) is 5.92 Å². The van der Waals surface area contributed by atoms with Gasteiger partial charge in [0.2, 0.25) is 6.41 Å². The molecule has 2 N–H and O–H groups in total. The molecule has 1 amide bonds. The van der Waals surface area contributed by atoms with Gasteiger partial charge in [-0.15, -0.1) is 0 Å². The summed E-state index contributed by atoms with van der Waals surface area (Å²) in [6, 6.07) is 4.77. The molecule has 0 aliphatic heterocycles. The maximum absolute atomic E-state index is 12.8. The molecule has 0 aliphatic rings. The van der Waals surface area contributed by atoms with Crippen LogP contribution >= 0.6 is 11.6 Å². The number of rotatable bonds is 11. The third-order valence-electron chi connectivity index (χ3n) is 4.89. The molecule has 7 heteroatoms. The number of carbonyl (C=O) groups excluding carboxylic acids is 2. The molecule has 1 aromatic heterocycles. The van der Waals surface area contributed by atoms with Crippen LogP contribution < -0.4 is 5.73 Å². The van der Waals surface area contributed by atoms with Gasteiger partial charge in [0, 0.05) is 29.6 Å². The number of amides is 1. The molecule has 2 rings (SSSR count). The van der Waals surface area contributed by atoms with Crippen molar-refractivity contribution in [1.29, 1.82) is 0 Å². The summed E-state index contributed by atoms with van der Waals surface area (Å²) < 4.78 is 5.44. The second kappa shape index (κ2) is 11.0. The number of hydrogen-bond acceptors (Lipinski definition) is 5. The van der Waals surface area contributed by atoms with Gasteiger partial charge in [0.05, 0.1) is 6.61 Å². The van der Waals surface area contributed by atoms with E-state index in [4.69, 9.17) is 22.1 Å². The molecule has 0 aliphatic carbocycles. The number of esters is 1. The van der Waals surface area contributed by atoms with Crippen molar-refractivity contribution in [3.8, 4) is 0 Å².